The van der Waals surface area contributed by atoms with Crippen molar-refractivity contribution in [3.63, 3.8) is 0 Å². The predicted octanol–water partition coefficient (Wildman–Crippen LogP) is 1.63. The molecule has 1 atom stereocenters. The molecule has 90 valence electrons. The first-order valence-electron chi connectivity index (χ1n) is 4.79. The maximum atomic E-state index is 13.1. The summed E-state index contributed by atoms with van der Waals surface area (Å²) < 4.78 is 18.6. The fraction of sp³-hybridized carbons (Fsp3) is 0.200. The molecule has 0 saturated carbocycles. The first-order chi connectivity index (χ1) is 8.11. The van der Waals surface area contributed by atoms with E-state index in [1.165, 1.54) is 12.1 Å². The lowest BCUT2D eigenvalue weighted by atomic mass is 10.2. The highest BCUT2D eigenvalue weighted by molar-refractivity contribution is 9.10. The maximum absolute atomic E-state index is 13.1. The zero-order valence-corrected chi connectivity index (χ0v) is 10.2. The van der Waals surface area contributed by atoms with E-state index in [0.29, 0.717) is 10.0 Å². The molecule has 0 aliphatic carbocycles. The van der Waals surface area contributed by atoms with Gasteiger partial charge in [0, 0.05) is 16.6 Å². The minimum atomic E-state index is -1.01. The number of nitrogens with zero attached hydrogens (tertiary/aromatic N) is 2. The Morgan fingerprint density at radius 1 is 1.53 bits per heavy atom. The third kappa shape index (κ3) is 2.51. The summed E-state index contributed by atoms with van der Waals surface area (Å²) >= 11 is 3.25. The lowest BCUT2D eigenvalue weighted by molar-refractivity contribution is 0.141. The van der Waals surface area contributed by atoms with Gasteiger partial charge in [-0.05, 0) is 18.2 Å². The van der Waals surface area contributed by atoms with Crippen molar-refractivity contribution in [1.82, 2.24) is 10.1 Å². The summed E-state index contributed by atoms with van der Waals surface area (Å²) in [5.41, 5.74) is 5.71. The normalized spacial score (nSPS) is 12.7. The SMILES string of the molecule is NC[C@H](O)c1nc(-c2cc(F)ccc2Br)no1. The fourth-order valence-corrected chi connectivity index (χ4v) is 1.67. The average Bonchev–Trinajstić information content (AvgIpc) is 2.80. The molecule has 2 aromatic rings. The van der Waals surface area contributed by atoms with Crippen LogP contribution >= 0.6 is 15.9 Å². The van der Waals surface area contributed by atoms with Crippen molar-refractivity contribution in [2.45, 2.75) is 6.10 Å². The van der Waals surface area contributed by atoms with Crippen LogP contribution in [0.5, 0.6) is 0 Å². The first-order valence-corrected chi connectivity index (χ1v) is 5.58. The van der Waals surface area contributed by atoms with E-state index in [-0.39, 0.29) is 18.3 Å². The van der Waals surface area contributed by atoms with Crippen molar-refractivity contribution < 1.29 is 14.0 Å². The highest BCUT2D eigenvalue weighted by atomic mass is 79.9. The molecular formula is C10H9BrFN3O2. The van der Waals surface area contributed by atoms with Gasteiger partial charge in [0.05, 0.1) is 0 Å². The molecule has 0 spiro atoms. The van der Waals surface area contributed by atoms with Crippen LogP contribution in [0.2, 0.25) is 0 Å². The summed E-state index contributed by atoms with van der Waals surface area (Å²) in [6.45, 7) is -0.0219. The van der Waals surface area contributed by atoms with Crippen LogP contribution < -0.4 is 5.73 Å². The van der Waals surface area contributed by atoms with Crippen molar-refractivity contribution >= 4 is 15.9 Å². The van der Waals surface area contributed by atoms with Crippen molar-refractivity contribution in [3.8, 4) is 11.4 Å². The smallest absolute Gasteiger partial charge is 0.257 e. The van der Waals surface area contributed by atoms with Crippen molar-refractivity contribution in [1.29, 1.82) is 0 Å². The molecule has 1 heterocycles. The quantitative estimate of drug-likeness (QED) is 0.900. The molecule has 5 nitrogen and oxygen atoms in total. The molecule has 2 rings (SSSR count). The van der Waals surface area contributed by atoms with Crippen LogP contribution in [0.4, 0.5) is 4.39 Å². The Kier molecular flexibility index (Phi) is 3.51. The summed E-state index contributed by atoms with van der Waals surface area (Å²) in [4.78, 5) is 3.95. The van der Waals surface area contributed by atoms with Gasteiger partial charge in [-0.1, -0.05) is 21.1 Å². The van der Waals surface area contributed by atoms with Gasteiger partial charge in [0.1, 0.15) is 11.9 Å². The number of benzene rings is 1. The van der Waals surface area contributed by atoms with Gasteiger partial charge < -0.3 is 15.4 Å². The van der Waals surface area contributed by atoms with Crippen molar-refractivity contribution in [2.24, 2.45) is 5.73 Å². The third-order valence-electron chi connectivity index (χ3n) is 2.12. The summed E-state index contributed by atoms with van der Waals surface area (Å²) in [5.74, 6) is -0.202. The van der Waals surface area contributed by atoms with E-state index in [1.807, 2.05) is 0 Å². The molecule has 1 aromatic heterocycles. The van der Waals surface area contributed by atoms with E-state index in [1.54, 1.807) is 6.07 Å². The lowest BCUT2D eigenvalue weighted by Gasteiger charge is -1.99. The van der Waals surface area contributed by atoms with Gasteiger partial charge in [0.2, 0.25) is 5.82 Å². The van der Waals surface area contributed by atoms with Crippen LogP contribution in [0.15, 0.2) is 27.2 Å². The highest BCUT2D eigenvalue weighted by Crippen LogP contribution is 2.27. The van der Waals surface area contributed by atoms with Gasteiger partial charge in [0.15, 0.2) is 0 Å². The zero-order chi connectivity index (χ0) is 12.4. The fourth-order valence-electron chi connectivity index (χ4n) is 1.25. The second kappa shape index (κ2) is 4.91. The molecule has 0 bridgehead atoms. The molecule has 0 saturated heterocycles. The van der Waals surface area contributed by atoms with E-state index in [0.717, 1.165) is 0 Å². The minimum absolute atomic E-state index is 0.0126. The number of aliphatic hydroxyl groups is 1. The molecule has 17 heavy (non-hydrogen) atoms. The number of aliphatic hydroxyl groups excluding tert-OH is 1. The minimum Gasteiger partial charge on any atom is -0.382 e. The Bertz CT molecular complexity index is 532. The number of hydrogen-bond acceptors (Lipinski definition) is 5. The number of hydrogen-bond donors (Lipinski definition) is 2. The second-order valence-corrected chi connectivity index (χ2v) is 4.19. The summed E-state index contributed by atoms with van der Waals surface area (Å²) in [6, 6.07) is 4.12. The number of halogens is 2. The standard InChI is InChI=1S/C10H9BrFN3O2/c11-7-2-1-5(12)3-6(7)9-14-10(17-15-9)8(16)4-13/h1-3,8,16H,4,13H2/t8-/m0/s1. The van der Waals surface area contributed by atoms with Crippen molar-refractivity contribution in [2.75, 3.05) is 6.54 Å². The molecule has 0 unspecified atom stereocenters. The second-order valence-electron chi connectivity index (χ2n) is 3.33. The lowest BCUT2D eigenvalue weighted by Crippen LogP contribution is -2.11. The Balaban J connectivity index is 2.40. The van der Waals surface area contributed by atoms with Gasteiger partial charge in [-0.2, -0.15) is 4.98 Å². The van der Waals surface area contributed by atoms with Crippen LogP contribution in [-0.4, -0.2) is 21.8 Å². The molecule has 3 N–H and O–H groups in total. The Morgan fingerprint density at radius 2 is 2.29 bits per heavy atom. The molecule has 0 amide bonds. The number of rotatable bonds is 3. The first kappa shape index (κ1) is 12.2. The molecule has 1 aromatic carbocycles. The van der Waals surface area contributed by atoms with E-state index in [2.05, 4.69) is 26.1 Å². The molecular weight excluding hydrogens is 293 g/mol. The van der Waals surface area contributed by atoms with Crippen LogP contribution in [0, 0.1) is 5.82 Å². The Morgan fingerprint density at radius 3 is 3.00 bits per heavy atom. The average molecular weight is 302 g/mol. The predicted molar refractivity (Wildman–Crippen MR) is 61.4 cm³/mol. The number of aromatic nitrogens is 2. The topological polar surface area (TPSA) is 85.2 Å². The van der Waals surface area contributed by atoms with E-state index >= 15 is 0 Å². The van der Waals surface area contributed by atoms with Crippen LogP contribution in [-0.2, 0) is 0 Å². The summed E-state index contributed by atoms with van der Waals surface area (Å²) in [7, 11) is 0. The Labute approximate surface area is 105 Å². The zero-order valence-electron chi connectivity index (χ0n) is 8.60. The van der Waals surface area contributed by atoms with Crippen molar-refractivity contribution in [3.05, 3.63) is 34.4 Å². The molecule has 7 heteroatoms. The van der Waals surface area contributed by atoms with Gasteiger partial charge in [0.25, 0.3) is 5.89 Å². The van der Waals surface area contributed by atoms with E-state index < -0.39 is 11.9 Å². The molecule has 0 radical (unpaired) electrons. The summed E-state index contributed by atoms with van der Waals surface area (Å²) in [5, 5.41) is 13.1. The van der Waals surface area contributed by atoms with Crippen LogP contribution in [0.3, 0.4) is 0 Å². The van der Waals surface area contributed by atoms with Gasteiger partial charge >= 0.3 is 0 Å². The molecule has 0 fully saturated rings. The largest absolute Gasteiger partial charge is 0.382 e. The van der Waals surface area contributed by atoms with Crippen LogP contribution in [0.1, 0.15) is 12.0 Å². The van der Waals surface area contributed by atoms with Crippen LogP contribution in [0.25, 0.3) is 11.4 Å². The molecule has 0 aliphatic rings. The van der Waals surface area contributed by atoms with Gasteiger partial charge in [-0.3, -0.25) is 0 Å². The maximum Gasteiger partial charge on any atom is 0.257 e. The summed E-state index contributed by atoms with van der Waals surface area (Å²) in [6.07, 6.45) is -1.01. The third-order valence-corrected chi connectivity index (χ3v) is 2.81. The van der Waals surface area contributed by atoms with Gasteiger partial charge in [-0.15, -0.1) is 0 Å². The van der Waals surface area contributed by atoms with E-state index in [4.69, 9.17) is 10.3 Å². The Hall–Kier alpha value is -1.31. The highest BCUT2D eigenvalue weighted by Gasteiger charge is 2.17. The monoisotopic (exact) mass is 301 g/mol. The van der Waals surface area contributed by atoms with E-state index in [9.17, 15) is 9.50 Å². The van der Waals surface area contributed by atoms with Gasteiger partial charge in [-0.25, -0.2) is 4.39 Å². The number of nitrogens with two attached hydrogens (primary N) is 1. The molecule has 0 aliphatic heterocycles.